The largest absolute Gasteiger partial charge is 0.368 e. The van der Waals surface area contributed by atoms with Crippen LogP contribution in [0.1, 0.15) is 13.3 Å². The van der Waals surface area contributed by atoms with E-state index in [2.05, 4.69) is 42.9 Å². The van der Waals surface area contributed by atoms with Crippen molar-refractivity contribution in [1.29, 1.82) is 0 Å². The van der Waals surface area contributed by atoms with Crippen LogP contribution in [-0.4, -0.2) is 51.9 Å². The van der Waals surface area contributed by atoms with E-state index in [-0.39, 0.29) is 0 Å². The molecule has 2 aromatic heterocycles. The van der Waals surface area contributed by atoms with E-state index in [4.69, 9.17) is 0 Å². The zero-order valence-electron chi connectivity index (χ0n) is 13.2. The Morgan fingerprint density at radius 1 is 1.41 bits per heavy atom. The summed E-state index contributed by atoms with van der Waals surface area (Å²) in [5.74, 6) is 2.40. The molecule has 8 heteroatoms. The van der Waals surface area contributed by atoms with Crippen LogP contribution in [0.4, 0.5) is 5.82 Å². The minimum absolute atomic E-state index is 0.566. The molecule has 1 aliphatic carbocycles. The van der Waals surface area contributed by atoms with Gasteiger partial charge in [-0.25, -0.2) is 9.97 Å². The molecule has 1 aliphatic rings. The molecule has 0 aliphatic heterocycles. The van der Waals surface area contributed by atoms with Gasteiger partial charge < -0.3 is 16.0 Å². The van der Waals surface area contributed by atoms with E-state index in [1.54, 1.807) is 24.3 Å². The summed E-state index contributed by atoms with van der Waals surface area (Å²) in [5.41, 5.74) is 0.825. The highest BCUT2D eigenvalue weighted by Crippen LogP contribution is 2.28. The number of anilines is 1. The summed E-state index contributed by atoms with van der Waals surface area (Å²) < 4.78 is 1.74. The minimum atomic E-state index is 0.566. The van der Waals surface area contributed by atoms with Gasteiger partial charge in [0.1, 0.15) is 12.1 Å². The van der Waals surface area contributed by atoms with Crippen molar-refractivity contribution in [3.05, 3.63) is 12.5 Å². The number of hydrogen-bond acceptors (Lipinski definition) is 5. The first-order valence-corrected chi connectivity index (χ1v) is 7.53. The monoisotopic (exact) mass is 302 g/mol. The van der Waals surface area contributed by atoms with Crippen LogP contribution in [-0.2, 0) is 7.05 Å². The molecule has 2 heterocycles. The number of aryl methyl sites for hydroxylation is 1. The number of aliphatic imine (C=N–C) groups is 1. The molecular weight excluding hydrogens is 280 g/mol. The number of fused-ring (bicyclic) bond motifs is 1. The number of nitrogens with one attached hydrogen (secondary N) is 3. The van der Waals surface area contributed by atoms with Gasteiger partial charge in [-0.05, 0) is 12.3 Å². The Morgan fingerprint density at radius 3 is 2.95 bits per heavy atom. The van der Waals surface area contributed by atoms with Gasteiger partial charge in [-0.2, -0.15) is 5.10 Å². The van der Waals surface area contributed by atoms with Crippen LogP contribution in [0.3, 0.4) is 0 Å². The number of guanidine groups is 1. The van der Waals surface area contributed by atoms with E-state index in [9.17, 15) is 0 Å². The molecule has 0 aromatic carbocycles. The van der Waals surface area contributed by atoms with Gasteiger partial charge in [0.15, 0.2) is 11.6 Å². The molecule has 118 valence electrons. The van der Waals surface area contributed by atoms with Crippen molar-refractivity contribution < 1.29 is 0 Å². The maximum absolute atomic E-state index is 4.28. The number of rotatable bonds is 5. The molecule has 0 bridgehead atoms. The van der Waals surface area contributed by atoms with Gasteiger partial charge in [0.2, 0.25) is 0 Å². The van der Waals surface area contributed by atoms with Gasteiger partial charge in [0.05, 0.1) is 11.6 Å². The van der Waals surface area contributed by atoms with Crippen LogP contribution < -0.4 is 16.0 Å². The van der Waals surface area contributed by atoms with Gasteiger partial charge in [0, 0.05) is 33.2 Å². The Morgan fingerprint density at radius 2 is 2.23 bits per heavy atom. The van der Waals surface area contributed by atoms with Gasteiger partial charge in [-0.1, -0.05) is 6.92 Å². The fourth-order valence-electron chi connectivity index (χ4n) is 2.36. The lowest BCUT2D eigenvalue weighted by Crippen LogP contribution is -2.41. The Labute approximate surface area is 129 Å². The molecule has 22 heavy (non-hydrogen) atoms. The molecule has 0 saturated heterocycles. The fourth-order valence-corrected chi connectivity index (χ4v) is 2.36. The predicted molar refractivity (Wildman–Crippen MR) is 86.9 cm³/mol. The van der Waals surface area contributed by atoms with E-state index >= 15 is 0 Å². The highest BCUT2D eigenvalue weighted by molar-refractivity contribution is 5.86. The summed E-state index contributed by atoms with van der Waals surface area (Å²) in [4.78, 5) is 12.7. The van der Waals surface area contributed by atoms with Crippen molar-refractivity contribution in [2.75, 3.05) is 25.5 Å². The summed E-state index contributed by atoms with van der Waals surface area (Å²) >= 11 is 0. The second-order valence-electron chi connectivity index (χ2n) is 5.62. The zero-order chi connectivity index (χ0) is 15.5. The first-order chi connectivity index (χ1) is 10.7. The van der Waals surface area contributed by atoms with Gasteiger partial charge >= 0.3 is 0 Å². The number of aromatic nitrogens is 4. The lowest BCUT2D eigenvalue weighted by Gasteiger charge is -2.12. The summed E-state index contributed by atoms with van der Waals surface area (Å²) in [5, 5.41) is 15.1. The average molecular weight is 302 g/mol. The van der Waals surface area contributed by atoms with Crippen LogP contribution in [0.5, 0.6) is 0 Å². The van der Waals surface area contributed by atoms with E-state index in [1.165, 1.54) is 6.42 Å². The van der Waals surface area contributed by atoms with Gasteiger partial charge in [-0.15, -0.1) is 0 Å². The molecule has 1 saturated carbocycles. The number of nitrogens with zero attached hydrogens (tertiary/aromatic N) is 5. The predicted octanol–water partition coefficient (Wildman–Crippen LogP) is 0.349. The van der Waals surface area contributed by atoms with E-state index in [0.29, 0.717) is 6.04 Å². The van der Waals surface area contributed by atoms with Crippen molar-refractivity contribution in [3.8, 4) is 0 Å². The van der Waals surface area contributed by atoms with Crippen molar-refractivity contribution in [2.45, 2.75) is 19.4 Å². The van der Waals surface area contributed by atoms with Crippen LogP contribution in [0.25, 0.3) is 11.0 Å². The minimum Gasteiger partial charge on any atom is -0.368 e. The van der Waals surface area contributed by atoms with E-state index in [1.807, 2.05) is 7.05 Å². The average Bonchev–Trinajstić information content (AvgIpc) is 3.08. The molecule has 0 amide bonds. The number of hydrogen-bond donors (Lipinski definition) is 3. The zero-order valence-corrected chi connectivity index (χ0v) is 13.2. The summed E-state index contributed by atoms with van der Waals surface area (Å²) in [6, 6.07) is 0.566. The molecule has 0 radical (unpaired) electrons. The molecule has 2 atom stereocenters. The fraction of sp³-hybridized carbons (Fsp3) is 0.571. The topological polar surface area (TPSA) is 92.1 Å². The van der Waals surface area contributed by atoms with Crippen molar-refractivity contribution in [1.82, 2.24) is 30.4 Å². The molecular formula is C14H22N8. The first-order valence-electron chi connectivity index (χ1n) is 7.53. The van der Waals surface area contributed by atoms with Gasteiger partial charge in [0.25, 0.3) is 0 Å². The Balaban J connectivity index is 1.50. The summed E-state index contributed by atoms with van der Waals surface area (Å²) in [7, 11) is 3.66. The van der Waals surface area contributed by atoms with Crippen molar-refractivity contribution >= 4 is 22.8 Å². The Kier molecular flexibility index (Phi) is 4.08. The standard InChI is InChI=1S/C14H22N8/c1-9-6-11(9)21-14(15-2)17-5-4-16-12-10-7-20-22(3)13(10)19-8-18-12/h7-9,11H,4-6H2,1-3H3,(H2,15,17,21)(H,16,18,19). The van der Waals surface area contributed by atoms with E-state index in [0.717, 1.165) is 41.8 Å². The smallest absolute Gasteiger partial charge is 0.191 e. The normalized spacial score (nSPS) is 21.0. The maximum atomic E-state index is 4.28. The molecule has 3 rings (SSSR count). The Hall–Kier alpha value is -2.38. The third-order valence-corrected chi connectivity index (χ3v) is 3.89. The maximum Gasteiger partial charge on any atom is 0.191 e. The summed E-state index contributed by atoms with van der Waals surface area (Å²) in [6.07, 6.45) is 4.55. The quantitative estimate of drug-likeness (QED) is 0.419. The van der Waals surface area contributed by atoms with Gasteiger partial charge in [-0.3, -0.25) is 9.67 Å². The second-order valence-corrected chi connectivity index (χ2v) is 5.62. The SMILES string of the molecule is CN=C(NCCNc1ncnc2c1cnn2C)NC1CC1C. The third kappa shape index (κ3) is 3.10. The molecule has 2 aromatic rings. The lowest BCUT2D eigenvalue weighted by molar-refractivity contribution is 0.766. The highest BCUT2D eigenvalue weighted by atomic mass is 15.3. The molecule has 0 spiro atoms. The lowest BCUT2D eigenvalue weighted by atomic mass is 10.4. The highest BCUT2D eigenvalue weighted by Gasteiger charge is 2.33. The molecule has 1 fully saturated rings. The molecule has 2 unspecified atom stereocenters. The van der Waals surface area contributed by atoms with Crippen LogP contribution in [0.15, 0.2) is 17.5 Å². The van der Waals surface area contributed by atoms with Crippen LogP contribution in [0, 0.1) is 5.92 Å². The molecule has 3 N–H and O–H groups in total. The first kappa shape index (κ1) is 14.6. The second kappa shape index (κ2) is 6.17. The van der Waals surface area contributed by atoms with Crippen LogP contribution in [0.2, 0.25) is 0 Å². The third-order valence-electron chi connectivity index (χ3n) is 3.89. The Bertz CT molecular complexity index is 677. The summed E-state index contributed by atoms with van der Waals surface area (Å²) in [6.45, 7) is 3.73. The van der Waals surface area contributed by atoms with Crippen LogP contribution >= 0.6 is 0 Å². The van der Waals surface area contributed by atoms with Crippen molar-refractivity contribution in [3.63, 3.8) is 0 Å². The van der Waals surface area contributed by atoms with Crippen molar-refractivity contribution in [2.24, 2.45) is 18.0 Å². The molecule has 8 nitrogen and oxygen atoms in total. The van der Waals surface area contributed by atoms with E-state index < -0.39 is 0 Å².